The topological polar surface area (TPSA) is 97.5 Å². The summed E-state index contributed by atoms with van der Waals surface area (Å²) < 4.78 is 10.9. The SMILES string of the molecule is CCOc1ccc(NC(=O)CSc2nnc(-c3cccc(O)c3)o2)cc1. The van der Waals surface area contributed by atoms with E-state index < -0.39 is 0 Å². The number of rotatable bonds is 7. The molecule has 0 unspecified atom stereocenters. The van der Waals surface area contributed by atoms with Crippen LogP contribution in [0, 0.1) is 0 Å². The lowest BCUT2D eigenvalue weighted by Crippen LogP contribution is -2.13. The van der Waals surface area contributed by atoms with Crippen molar-refractivity contribution < 1.29 is 19.1 Å². The van der Waals surface area contributed by atoms with E-state index in [0.29, 0.717) is 17.9 Å². The Morgan fingerprint density at radius 3 is 2.77 bits per heavy atom. The number of aromatic nitrogens is 2. The Morgan fingerprint density at radius 2 is 2.04 bits per heavy atom. The third-order valence-corrected chi connectivity index (χ3v) is 4.09. The second kappa shape index (κ2) is 8.39. The number of benzene rings is 2. The molecule has 1 amide bonds. The van der Waals surface area contributed by atoms with Gasteiger partial charge in [-0.25, -0.2) is 0 Å². The molecule has 0 bridgehead atoms. The highest BCUT2D eigenvalue weighted by molar-refractivity contribution is 7.99. The Balaban J connectivity index is 1.53. The molecule has 0 aliphatic rings. The van der Waals surface area contributed by atoms with Crippen molar-refractivity contribution in [2.24, 2.45) is 0 Å². The van der Waals surface area contributed by atoms with E-state index in [4.69, 9.17) is 9.15 Å². The van der Waals surface area contributed by atoms with Crippen LogP contribution in [0.2, 0.25) is 0 Å². The first kappa shape index (κ1) is 17.8. The van der Waals surface area contributed by atoms with E-state index in [0.717, 1.165) is 17.5 Å². The number of amides is 1. The fraction of sp³-hybridized carbons (Fsp3) is 0.167. The van der Waals surface area contributed by atoms with Crippen LogP contribution in [-0.2, 0) is 4.79 Å². The van der Waals surface area contributed by atoms with Gasteiger partial charge in [-0.2, -0.15) is 0 Å². The number of hydrogen-bond acceptors (Lipinski definition) is 7. The number of anilines is 1. The number of carbonyl (C=O) groups excluding carboxylic acids is 1. The summed E-state index contributed by atoms with van der Waals surface area (Å²) in [6.07, 6.45) is 0. The molecule has 3 rings (SSSR count). The maximum absolute atomic E-state index is 12.0. The number of nitrogens with one attached hydrogen (secondary N) is 1. The second-order valence-corrected chi connectivity index (χ2v) is 6.14. The van der Waals surface area contributed by atoms with Crippen molar-refractivity contribution in [1.82, 2.24) is 10.2 Å². The van der Waals surface area contributed by atoms with Gasteiger partial charge < -0.3 is 19.6 Å². The fourth-order valence-electron chi connectivity index (χ4n) is 2.15. The van der Waals surface area contributed by atoms with Crippen LogP contribution in [0.5, 0.6) is 11.5 Å². The summed E-state index contributed by atoms with van der Waals surface area (Å²) in [7, 11) is 0. The zero-order chi connectivity index (χ0) is 18.4. The van der Waals surface area contributed by atoms with Crippen LogP contribution in [0.1, 0.15) is 6.92 Å². The molecule has 2 N–H and O–H groups in total. The van der Waals surface area contributed by atoms with E-state index >= 15 is 0 Å². The largest absolute Gasteiger partial charge is 0.508 e. The lowest BCUT2D eigenvalue weighted by molar-refractivity contribution is -0.113. The first-order chi connectivity index (χ1) is 12.6. The van der Waals surface area contributed by atoms with Crippen LogP contribution in [0.15, 0.2) is 58.2 Å². The van der Waals surface area contributed by atoms with E-state index in [-0.39, 0.29) is 28.5 Å². The van der Waals surface area contributed by atoms with E-state index in [1.165, 1.54) is 6.07 Å². The van der Waals surface area contributed by atoms with Gasteiger partial charge in [0.15, 0.2) is 0 Å². The average Bonchev–Trinajstić information content (AvgIpc) is 3.11. The summed E-state index contributed by atoms with van der Waals surface area (Å²) in [6.45, 7) is 2.51. The highest BCUT2D eigenvalue weighted by atomic mass is 32.2. The van der Waals surface area contributed by atoms with Crippen molar-refractivity contribution >= 4 is 23.4 Å². The maximum Gasteiger partial charge on any atom is 0.277 e. The molecular weight excluding hydrogens is 354 g/mol. The minimum atomic E-state index is -0.184. The van der Waals surface area contributed by atoms with Gasteiger partial charge in [0.2, 0.25) is 11.8 Å². The number of ether oxygens (including phenoxy) is 1. The molecule has 0 aliphatic carbocycles. The summed E-state index contributed by atoms with van der Waals surface area (Å²) in [4.78, 5) is 12.0. The Kier molecular flexibility index (Phi) is 5.75. The lowest BCUT2D eigenvalue weighted by Gasteiger charge is -2.06. The van der Waals surface area contributed by atoms with Crippen LogP contribution in [0.4, 0.5) is 5.69 Å². The minimum Gasteiger partial charge on any atom is -0.508 e. The molecule has 0 atom stereocenters. The number of carbonyl (C=O) groups is 1. The molecular formula is C18H17N3O4S. The Bertz CT molecular complexity index is 880. The first-order valence-electron chi connectivity index (χ1n) is 7.92. The van der Waals surface area contributed by atoms with Crippen LogP contribution in [0.3, 0.4) is 0 Å². The molecule has 8 heteroatoms. The molecule has 0 radical (unpaired) electrons. The molecule has 2 aromatic carbocycles. The summed E-state index contributed by atoms with van der Waals surface area (Å²) in [5.41, 5.74) is 1.30. The highest BCUT2D eigenvalue weighted by Gasteiger charge is 2.12. The van der Waals surface area contributed by atoms with Gasteiger partial charge in [0.05, 0.1) is 12.4 Å². The maximum atomic E-state index is 12.0. The Hall–Kier alpha value is -3.00. The van der Waals surface area contributed by atoms with Gasteiger partial charge in [-0.05, 0) is 49.4 Å². The predicted molar refractivity (Wildman–Crippen MR) is 98.4 cm³/mol. The normalized spacial score (nSPS) is 10.5. The first-order valence-corrected chi connectivity index (χ1v) is 8.91. The predicted octanol–water partition coefficient (Wildman–Crippen LogP) is 3.57. The molecule has 26 heavy (non-hydrogen) atoms. The Morgan fingerprint density at radius 1 is 1.23 bits per heavy atom. The number of hydrogen-bond donors (Lipinski definition) is 2. The number of thioether (sulfide) groups is 1. The van der Waals surface area contributed by atoms with Gasteiger partial charge in [0, 0.05) is 11.3 Å². The van der Waals surface area contributed by atoms with Crippen LogP contribution < -0.4 is 10.1 Å². The summed E-state index contributed by atoms with van der Waals surface area (Å²) in [5, 5.41) is 20.4. The molecule has 1 aromatic heterocycles. The molecule has 0 saturated heterocycles. The van der Waals surface area contributed by atoms with E-state index in [1.54, 1.807) is 42.5 Å². The zero-order valence-corrected chi connectivity index (χ0v) is 14.8. The van der Waals surface area contributed by atoms with E-state index in [2.05, 4.69) is 15.5 Å². The van der Waals surface area contributed by atoms with Gasteiger partial charge in [0.1, 0.15) is 11.5 Å². The number of nitrogens with zero attached hydrogens (tertiary/aromatic N) is 2. The number of phenols is 1. The third kappa shape index (κ3) is 4.76. The summed E-state index contributed by atoms with van der Waals surface area (Å²) in [6, 6.07) is 13.7. The van der Waals surface area contributed by atoms with E-state index in [1.807, 2.05) is 6.92 Å². The Labute approximate surface area is 154 Å². The van der Waals surface area contributed by atoms with Gasteiger partial charge in [-0.1, -0.05) is 17.8 Å². The van der Waals surface area contributed by atoms with E-state index in [9.17, 15) is 9.90 Å². The van der Waals surface area contributed by atoms with Crippen LogP contribution in [-0.4, -0.2) is 33.6 Å². The molecule has 3 aromatic rings. The van der Waals surface area contributed by atoms with Gasteiger partial charge in [-0.15, -0.1) is 10.2 Å². The third-order valence-electron chi connectivity index (χ3n) is 3.28. The summed E-state index contributed by atoms with van der Waals surface area (Å²) >= 11 is 1.14. The average molecular weight is 371 g/mol. The van der Waals surface area contributed by atoms with Crippen LogP contribution >= 0.6 is 11.8 Å². The zero-order valence-electron chi connectivity index (χ0n) is 14.0. The molecule has 7 nitrogen and oxygen atoms in total. The molecule has 1 heterocycles. The quantitative estimate of drug-likeness (QED) is 0.613. The molecule has 0 spiro atoms. The van der Waals surface area contributed by atoms with Crippen molar-refractivity contribution in [3.05, 3.63) is 48.5 Å². The molecule has 0 aliphatic heterocycles. The summed E-state index contributed by atoms with van der Waals surface area (Å²) in [5.74, 6) is 1.11. The molecule has 0 saturated carbocycles. The van der Waals surface area contributed by atoms with Gasteiger partial charge >= 0.3 is 0 Å². The lowest BCUT2D eigenvalue weighted by atomic mass is 10.2. The molecule has 0 fully saturated rings. The highest BCUT2D eigenvalue weighted by Crippen LogP contribution is 2.25. The van der Waals surface area contributed by atoms with Crippen LogP contribution in [0.25, 0.3) is 11.5 Å². The van der Waals surface area contributed by atoms with Crippen molar-refractivity contribution in [1.29, 1.82) is 0 Å². The fourth-order valence-corrected chi connectivity index (χ4v) is 2.71. The number of aromatic hydroxyl groups is 1. The number of phenolic OH excluding ortho intramolecular Hbond substituents is 1. The molecule has 134 valence electrons. The van der Waals surface area contributed by atoms with Crippen molar-refractivity contribution in [2.45, 2.75) is 12.1 Å². The van der Waals surface area contributed by atoms with Gasteiger partial charge in [-0.3, -0.25) is 4.79 Å². The smallest absolute Gasteiger partial charge is 0.277 e. The van der Waals surface area contributed by atoms with Crippen molar-refractivity contribution in [3.8, 4) is 23.0 Å². The van der Waals surface area contributed by atoms with Crippen molar-refractivity contribution in [2.75, 3.05) is 17.7 Å². The standard InChI is InChI=1S/C18H17N3O4S/c1-2-24-15-8-6-13(7-9-15)19-16(23)11-26-18-21-20-17(25-18)12-4-3-5-14(22)10-12/h3-10,22H,2,11H2,1H3,(H,19,23). The van der Waals surface area contributed by atoms with Gasteiger partial charge in [0.25, 0.3) is 5.22 Å². The minimum absolute atomic E-state index is 0.115. The monoisotopic (exact) mass is 371 g/mol. The van der Waals surface area contributed by atoms with Crippen molar-refractivity contribution in [3.63, 3.8) is 0 Å². The second-order valence-electron chi connectivity index (χ2n) is 5.22.